The number of hydrogen-bond acceptors (Lipinski definition) is 5. The van der Waals surface area contributed by atoms with Gasteiger partial charge in [-0.05, 0) is 90.8 Å². The summed E-state index contributed by atoms with van der Waals surface area (Å²) in [6, 6.07) is 54.5. The van der Waals surface area contributed by atoms with Gasteiger partial charge >= 0.3 is 5.97 Å². The van der Waals surface area contributed by atoms with Crippen LogP contribution in [0.25, 0.3) is 22.5 Å². The van der Waals surface area contributed by atoms with E-state index in [1.54, 1.807) is 24.3 Å². The van der Waals surface area contributed by atoms with Crippen LogP contribution in [0.1, 0.15) is 59.2 Å². The average molecular weight is 793 g/mol. The van der Waals surface area contributed by atoms with Crippen molar-refractivity contribution in [2.75, 3.05) is 10.6 Å². The number of carboxylic acid groups (broad SMARTS) is 1. The molecule has 2 heterocycles. The summed E-state index contributed by atoms with van der Waals surface area (Å²) in [6.45, 7) is 2.00. The first-order valence-electron chi connectivity index (χ1n) is 19.7. The molecule has 0 fully saturated rings. The standard InChI is InChI=1S/C25H21N3O3.C25H23N3O/c29-24(23-16-21(27-28-23)19-9-5-2-6-10-19)26-22-15-18(13-14-20(22)25(30)31)12-11-17-7-3-1-4-8-17;1-18-12-13-20(15-14-19-8-4-2-5-9-19)16-22(18)26-25(29)24-17-23(27-28-24)21-10-6-3-7-11-21/h1-10,13-16H,11-12H2,(H,26,29)(H,27,28)(H,30,31);2-13,16-17H,14-15H2,1H3,(H,26,29)(H,27,28). The van der Waals surface area contributed by atoms with Crippen molar-refractivity contribution in [1.29, 1.82) is 0 Å². The highest BCUT2D eigenvalue weighted by Crippen LogP contribution is 2.24. The number of aromatic carboxylic acids is 1. The van der Waals surface area contributed by atoms with Gasteiger partial charge in [-0.25, -0.2) is 4.79 Å². The van der Waals surface area contributed by atoms with Gasteiger partial charge in [0, 0.05) is 16.8 Å². The van der Waals surface area contributed by atoms with E-state index in [0.29, 0.717) is 11.4 Å². The summed E-state index contributed by atoms with van der Waals surface area (Å²) in [5.74, 6) is -1.74. The van der Waals surface area contributed by atoms with E-state index in [0.717, 1.165) is 59.3 Å². The Morgan fingerprint density at radius 2 is 0.883 bits per heavy atom. The lowest BCUT2D eigenvalue weighted by Crippen LogP contribution is -2.15. The lowest BCUT2D eigenvalue weighted by Gasteiger charge is -2.10. The van der Waals surface area contributed by atoms with E-state index < -0.39 is 11.9 Å². The highest BCUT2D eigenvalue weighted by molar-refractivity contribution is 6.07. The Kier molecular flexibility index (Phi) is 13.1. The molecular weight excluding hydrogens is 749 g/mol. The first-order valence-corrected chi connectivity index (χ1v) is 19.7. The Bertz CT molecular complexity index is 2680. The normalized spacial score (nSPS) is 10.6. The number of H-pyrrole nitrogens is 2. The number of anilines is 2. The van der Waals surface area contributed by atoms with Crippen molar-refractivity contribution in [3.8, 4) is 22.5 Å². The van der Waals surface area contributed by atoms with Crippen LogP contribution in [0.15, 0.2) is 170 Å². The molecule has 2 amide bonds. The van der Waals surface area contributed by atoms with Crippen LogP contribution in [0.3, 0.4) is 0 Å². The number of nitrogens with zero attached hydrogens (tertiary/aromatic N) is 2. The number of amides is 2. The van der Waals surface area contributed by atoms with E-state index in [4.69, 9.17) is 0 Å². The smallest absolute Gasteiger partial charge is 0.337 e. The molecule has 0 saturated heterocycles. The molecule has 2 aromatic heterocycles. The van der Waals surface area contributed by atoms with Crippen LogP contribution in [0.4, 0.5) is 11.4 Å². The molecule has 0 aliphatic rings. The molecule has 0 spiro atoms. The SMILES string of the molecule is Cc1ccc(CCc2ccccc2)cc1NC(=O)c1cc(-c2ccccc2)n[nH]1.O=C(Nc1cc(CCc2ccccc2)ccc1C(=O)O)c1cc(-c2ccccc2)n[nH]1. The van der Waals surface area contributed by atoms with Crippen molar-refractivity contribution in [3.05, 3.63) is 215 Å². The number of carbonyl (C=O) groups excluding carboxylic acids is 2. The van der Waals surface area contributed by atoms with E-state index in [9.17, 15) is 19.5 Å². The summed E-state index contributed by atoms with van der Waals surface area (Å²) < 4.78 is 0. The molecule has 0 unspecified atom stereocenters. The zero-order valence-corrected chi connectivity index (χ0v) is 33.1. The number of aryl methyl sites for hydroxylation is 5. The second kappa shape index (κ2) is 19.5. The van der Waals surface area contributed by atoms with Gasteiger partial charge in [0.25, 0.3) is 11.8 Å². The zero-order valence-electron chi connectivity index (χ0n) is 33.1. The maximum atomic E-state index is 12.7. The first-order chi connectivity index (χ1) is 29.3. The summed E-state index contributed by atoms with van der Waals surface area (Å²) >= 11 is 0. The maximum absolute atomic E-state index is 12.7. The quantitative estimate of drug-likeness (QED) is 0.0784. The van der Waals surface area contributed by atoms with Crippen LogP contribution >= 0.6 is 0 Å². The molecule has 0 radical (unpaired) electrons. The molecule has 0 aliphatic heterocycles. The average Bonchev–Trinajstić information content (AvgIpc) is 4.00. The minimum Gasteiger partial charge on any atom is -0.478 e. The van der Waals surface area contributed by atoms with E-state index >= 15 is 0 Å². The van der Waals surface area contributed by atoms with Gasteiger partial charge in [-0.2, -0.15) is 10.2 Å². The molecule has 5 N–H and O–H groups in total. The number of rotatable bonds is 13. The highest BCUT2D eigenvalue weighted by atomic mass is 16.4. The molecule has 8 rings (SSSR count). The van der Waals surface area contributed by atoms with Gasteiger partial charge in [-0.15, -0.1) is 0 Å². The van der Waals surface area contributed by atoms with Crippen molar-refractivity contribution in [1.82, 2.24) is 20.4 Å². The summed E-state index contributed by atoms with van der Waals surface area (Å²) in [5.41, 5.74) is 10.8. The summed E-state index contributed by atoms with van der Waals surface area (Å²) in [5, 5.41) is 29.3. The number of carbonyl (C=O) groups is 3. The molecule has 0 bridgehead atoms. The van der Waals surface area contributed by atoms with Gasteiger partial charge in [0.15, 0.2) is 0 Å². The third-order valence-corrected chi connectivity index (χ3v) is 9.99. The van der Waals surface area contributed by atoms with E-state index in [1.165, 1.54) is 22.8 Å². The fourth-order valence-electron chi connectivity index (χ4n) is 6.63. The number of benzene rings is 6. The Hall–Kier alpha value is -7.85. The predicted molar refractivity (Wildman–Crippen MR) is 236 cm³/mol. The van der Waals surface area contributed by atoms with E-state index in [1.807, 2.05) is 91.9 Å². The molecule has 0 atom stereocenters. The maximum Gasteiger partial charge on any atom is 0.337 e. The van der Waals surface area contributed by atoms with Gasteiger partial charge in [0.1, 0.15) is 11.4 Å². The Morgan fingerprint density at radius 1 is 0.483 bits per heavy atom. The summed E-state index contributed by atoms with van der Waals surface area (Å²) in [7, 11) is 0. The fourth-order valence-corrected chi connectivity index (χ4v) is 6.63. The van der Waals surface area contributed by atoms with E-state index in [2.05, 4.69) is 85.6 Å². The van der Waals surface area contributed by atoms with Crippen molar-refractivity contribution in [3.63, 3.8) is 0 Å². The van der Waals surface area contributed by atoms with Gasteiger partial charge in [-0.3, -0.25) is 19.8 Å². The monoisotopic (exact) mass is 792 g/mol. The van der Waals surface area contributed by atoms with Crippen LogP contribution in [0.5, 0.6) is 0 Å². The third-order valence-electron chi connectivity index (χ3n) is 9.99. The van der Waals surface area contributed by atoms with Crippen molar-refractivity contribution >= 4 is 29.2 Å². The number of carboxylic acids is 1. The van der Waals surface area contributed by atoms with Crippen LogP contribution in [-0.4, -0.2) is 43.3 Å². The van der Waals surface area contributed by atoms with Gasteiger partial charge in [0.2, 0.25) is 0 Å². The predicted octanol–water partition coefficient (Wildman–Crippen LogP) is 10.2. The van der Waals surface area contributed by atoms with E-state index in [-0.39, 0.29) is 22.9 Å². The molecule has 10 heteroatoms. The van der Waals surface area contributed by atoms with Crippen LogP contribution < -0.4 is 10.6 Å². The molecule has 10 nitrogen and oxygen atoms in total. The lowest BCUT2D eigenvalue weighted by molar-refractivity contribution is 0.0697. The number of aromatic amines is 2. The van der Waals surface area contributed by atoms with Crippen molar-refractivity contribution in [2.45, 2.75) is 32.6 Å². The number of nitrogens with one attached hydrogen (secondary N) is 4. The second-order valence-corrected chi connectivity index (χ2v) is 14.3. The summed E-state index contributed by atoms with van der Waals surface area (Å²) in [4.78, 5) is 37.1. The zero-order chi connectivity index (χ0) is 41.7. The number of hydrogen-bond donors (Lipinski definition) is 5. The number of aromatic nitrogens is 4. The molecule has 0 saturated carbocycles. The molecule has 298 valence electrons. The summed E-state index contributed by atoms with van der Waals surface area (Å²) in [6.07, 6.45) is 3.45. The Balaban J connectivity index is 0.000000182. The Labute approximate surface area is 348 Å². The molecule has 60 heavy (non-hydrogen) atoms. The van der Waals surface area contributed by atoms with Crippen molar-refractivity contribution in [2.24, 2.45) is 0 Å². The van der Waals surface area contributed by atoms with Crippen LogP contribution in [-0.2, 0) is 25.7 Å². The first kappa shape index (κ1) is 40.4. The molecule has 0 aliphatic carbocycles. The fraction of sp³-hybridized carbons (Fsp3) is 0.100. The van der Waals surface area contributed by atoms with Crippen LogP contribution in [0.2, 0.25) is 0 Å². The minimum absolute atomic E-state index is 0.0413. The van der Waals surface area contributed by atoms with Gasteiger partial charge in [0.05, 0.1) is 22.6 Å². The third kappa shape index (κ3) is 10.8. The molecule has 6 aromatic carbocycles. The minimum atomic E-state index is -1.10. The topological polar surface area (TPSA) is 153 Å². The van der Waals surface area contributed by atoms with Gasteiger partial charge in [-0.1, -0.05) is 140 Å². The second-order valence-electron chi connectivity index (χ2n) is 14.3. The highest BCUT2D eigenvalue weighted by Gasteiger charge is 2.17. The van der Waals surface area contributed by atoms with Crippen molar-refractivity contribution < 1.29 is 19.5 Å². The largest absolute Gasteiger partial charge is 0.478 e. The Morgan fingerprint density at radius 3 is 1.35 bits per heavy atom. The lowest BCUT2D eigenvalue weighted by atomic mass is 10.0. The molecule has 8 aromatic rings. The van der Waals surface area contributed by atoms with Gasteiger partial charge < -0.3 is 15.7 Å². The molecular formula is C50H44N6O4. The van der Waals surface area contributed by atoms with Crippen LogP contribution in [0, 0.1) is 6.92 Å².